The highest BCUT2D eigenvalue weighted by Crippen LogP contribution is 2.25. The van der Waals surface area contributed by atoms with Crippen molar-refractivity contribution in [2.24, 2.45) is 0 Å². The fraction of sp³-hybridized carbons (Fsp3) is 0.188. The summed E-state index contributed by atoms with van der Waals surface area (Å²) in [7, 11) is 0. The van der Waals surface area contributed by atoms with E-state index in [1.807, 2.05) is 36.5 Å². The third-order valence-corrected chi connectivity index (χ3v) is 3.39. The molecule has 1 aromatic carbocycles. The Morgan fingerprint density at radius 2 is 1.95 bits per heavy atom. The fourth-order valence-corrected chi connectivity index (χ4v) is 2.36. The molecule has 2 heterocycles. The van der Waals surface area contributed by atoms with Crippen LogP contribution >= 0.6 is 0 Å². The number of benzene rings is 1. The number of H-pyrrole nitrogens is 1. The van der Waals surface area contributed by atoms with E-state index in [-0.39, 0.29) is 0 Å². The van der Waals surface area contributed by atoms with Crippen molar-refractivity contribution in [1.82, 2.24) is 9.97 Å². The lowest BCUT2D eigenvalue weighted by atomic mass is 10.0. The average molecular weight is 252 g/mol. The van der Waals surface area contributed by atoms with Crippen LogP contribution in [0.15, 0.2) is 54.9 Å². The number of fused-ring (bicyclic) bond motifs is 1. The van der Waals surface area contributed by atoms with Crippen molar-refractivity contribution in [3.8, 4) is 0 Å². The van der Waals surface area contributed by atoms with Crippen LogP contribution in [0.1, 0.15) is 23.7 Å². The van der Waals surface area contributed by atoms with Crippen LogP contribution in [0.3, 0.4) is 0 Å². The van der Waals surface area contributed by atoms with Crippen LogP contribution in [0.25, 0.3) is 11.0 Å². The van der Waals surface area contributed by atoms with E-state index in [0.29, 0.717) is 6.42 Å². The van der Waals surface area contributed by atoms with Crippen molar-refractivity contribution in [3.05, 3.63) is 66.0 Å². The van der Waals surface area contributed by atoms with Gasteiger partial charge in [0.25, 0.3) is 0 Å². The first-order chi connectivity index (χ1) is 9.34. The minimum atomic E-state index is -0.460. The predicted molar refractivity (Wildman–Crippen MR) is 75.8 cm³/mol. The quantitative estimate of drug-likeness (QED) is 0.749. The first-order valence-electron chi connectivity index (χ1n) is 6.48. The lowest BCUT2D eigenvalue weighted by Crippen LogP contribution is -1.98. The second-order valence-corrected chi connectivity index (χ2v) is 4.68. The Morgan fingerprint density at radius 1 is 1.11 bits per heavy atom. The standard InChI is InChI=1S/C16H16N2O/c19-15(9-8-12-5-2-1-3-6-12)14-11-18-16-13(14)7-4-10-17-16/h1-7,10-11,15,19H,8-9H2,(H,17,18). The first kappa shape index (κ1) is 11.9. The predicted octanol–water partition coefficient (Wildman–Crippen LogP) is 3.23. The molecule has 2 aromatic heterocycles. The fourth-order valence-electron chi connectivity index (χ4n) is 2.36. The molecule has 3 nitrogen and oxygen atoms in total. The van der Waals surface area contributed by atoms with Gasteiger partial charge >= 0.3 is 0 Å². The number of nitrogens with zero attached hydrogens (tertiary/aromatic N) is 1. The molecule has 2 N–H and O–H groups in total. The van der Waals surface area contributed by atoms with Crippen LogP contribution in [0.2, 0.25) is 0 Å². The molecule has 0 amide bonds. The molecule has 0 radical (unpaired) electrons. The molecule has 0 bridgehead atoms. The monoisotopic (exact) mass is 252 g/mol. The second kappa shape index (κ2) is 5.24. The minimum absolute atomic E-state index is 0.460. The van der Waals surface area contributed by atoms with Crippen molar-refractivity contribution in [3.63, 3.8) is 0 Å². The average Bonchev–Trinajstić information content (AvgIpc) is 2.90. The van der Waals surface area contributed by atoms with Gasteiger partial charge in [0, 0.05) is 23.3 Å². The smallest absolute Gasteiger partial charge is 0.137 e. The van der Waals surface area contributed by atoms with Gasteiger partial charge in [-0.3, -0.25) is 0 Å². The van der Waals surface area contributed by atoms with E-state index in [1.54, 1.807) is 6.20 Å². The normalized spacial score (nSPS) is 12.7. The Bertz CT molecular complexity index is 661. The number of aliphatic hydroxyl groups is 1. The van der Waals surface area contributed by atoms with E-state index in [0.717, 1.165) is 23.0 Å². The van der Waals surface area contributed by atoms with Gasteiger partial charge in [-0.2, -0.15) is 0 Å². The van der Waals surface area contributed by atoms with E-state index in [4.69, 9.17) is 0 Å². The van der Waals surface area contributed by atoms with Gasteiger partial charge in [-0.1, -0.05) is 30.3 Å². The molecule has 3 aromatic rings. The highest BCUT2D eigenvalue weighted by molar-refractivity contribution is 5.79. The number of hydrogen-bond donors (Lipinski definition) is 2. The SMILES string of the molecule is OC(CCc1ccccc1)c1c[nH]c2ncccc12. The molecule has 0 spiro atoms. The van der Waals surface area contributed by atoms with Crippen molar-refractivity contribution in [1.29, 1.82) is 0 Å². The molecule has 0 saturated carbocycles. The van der Waals surface area contributed by atoms with E-state index in [9.17, 15) is 5.11 Å². The van der Waals surface area contributed by atoms with Gasteiger partial charge < -0.3 is 10.1 Å². The molecular weight excluding hydrogens is 236 g/mol. The highest BCUT2D eigenvalue weighted by atomic mass is 16.3. The molecule has 3 heteroatoms. The van der Waals surface area contributed by atoms with Crippen molar-refractivity contribution < 1.29 is 5.11 Å². The summed E-state index contributed by atoms with van der Waals surface area (Å²) >= 11 is 0. The van der Waals surface area contributed by atoms with Gasteiger partial charge in [0.2, 0.25) is 0 Å². The summed E-state index contributed by atoms with van der Waals surface area (Å²) < 4.78 is 0. The van der Waals surface area contributed by atoms with Crippen molar-refractivity contribution in [2.45, 2.75) is 18.9 Å². The Labute approximate surface area is 111 Å². The molecule has 0 saturated heterocycles. The zero-order chi connectivity index (χ0) is 13.1. The second-order valence-electron chi connectivity index (χ2n) is 4.68. The van der Waals surface area contributed by atoms with Gasteiger partial charge in [-0.05, 0) is 30.5 Å². The number of hydrogen-bond acceptors (Lipinski definition) is 2. The summed E-state index contributed by atoms with van der Waals surface area (Å²) in [5.41, 5.74) is 3.01. The summed E-state index contributed by atoms with van der Waals surface area (Å²) in [5, 5.41) is 11.3. The largest absolute Gasteiger partial charge is 0.388 e. The van der Waals surface area contributed by atoms with E-state index in [1.165, 1.54) is 5.56 Å². The van der Waals surface area contributed by atoms with Crippen LogP contribution in [-0.2, 0) is 6.42 Å². The maximum absolute atomic E-state index is 10.3. The van der Waals surface area contributed by atoms with Gasteiger partial charge in [-0.25, -0.2) is 4.98 Å². The summed E-state index contributed by atoms with van der Waals surface area (Å²) in [5.74, 6) is 0. The topological polar surface area (TPSA) is 48.9 Å². The Balaban J connectivity index is 1.75. The molecule has 0 aliphatic heterocycles. The van der Waals surface area contributed by atoms with E-state index in [2.05, 4.69) is 22.1 Å². The van der Waals surface area contributed by atoms with E-state index < -0.39 is 6.10 Å². The van der Waals surface area contributed by atoms with Crippen LogP contribution < -0.4 is 0 Å². The van der Waals surface area contributed by atoms with Crippen LogP contribution in [0, 0.1) is 0 Å². The Hall–Kier alpha value is -2.13. The van der Waals surface area contributed by atoms with Crippen LogP contribution in [-0.4, -0.2) is 15.1 Å². The molecule has 19 heavy (non-hydrogen) atoms. The van der Waals surface area contributed by atoms with Gasteiger partial charge in [0.05, 0.1) is 6.10 Å². The van der Waals surface area contributed by atoms with Gasteiger partial charge in [-0.15, -0.1) is 0 Å². The Morgan fingerprint density at radius 3 is 2.79 bits per heavy atom. The number of aromatic amines is 1. The highest BCUT2D eigenvalue weighted by Gasteiger charge is 2.13. The molecule has 0 aliphatic rings. The molecule has 1 unspecified atom stereocenters. The summed E-state index contributed by atoms with van der Waals surface area (Å²) in [6.07, 6.45) is 4.73. The third kappa shape index (κ3) is 2.51. The molecular formula is C16H16N2O. The minimum Gasteiger partial charge on any atom is -0.388 e. The summed E-state index contributed by atoms with van der Waals surface area (Å²) in [6, 6.07) is 14.1. The number of aliphatic hydroxyl groups excluding tert-OH is 1. The maximum atomic E-state index is 10.3. The summed E-state index contributed by atoms with van der Waals surface area (Å²) in [4.78, 5) is 7.33. The van der Waals surface area contributed by atoms with Crippen molar-refractivity contribution >= 4 is 11.0 Å². The van der Waals surface area contributed by atoms with Crippen molar-refractivity contribution in [2.75, 3.05) is 0 Å². The van der Waals surface area contributed by atoms with Crippen LogP contribution in [0.5, 0.6) is 0 Å². The zero-order valence-electron chi connectivity index (χ0n) is 10.6. The first-order valence-corrected chi connectivity index (χ1v) is 6.48. The zero-order valence-corrected chi connectivity index (χ0v) is 10.6. The Kier molecular flexibility index (Phi) is 3.29. The summed E-state index contributed by atoms with van der Waals surface area (Å²) in [6.45, 7) is 0. The number of aromatic nitrogens is 2. The number of nitrogens with one attached hydrogen (secondary N) is 1. The third-order valence-electron chi connectivity index (χ3n) is 3.39. The lowest BCUT2D eigenvalue weighted by Gasteiger charge is -2.09. The molecule has 3 rings (SSSR count). The lowest BCUT2D eigenvalue weighted by molar-refractivity contribution is 0.169. The van der Waals surface area contributed by atoms with Crippen LogP contribution in [0.4, 0.5) is 0 Å². The van der Waals surface area contributed by atoms with Gasteiger partial charge in [0.1, 0.15) is 5.65 Å². The van der Waals surface area contributed by atoms with Gasteiger partial charge in [0.15, 0.2) is 0 Å². The maximum Gasteiger partial charge on any atom is 0.137 e. The number of pyridine rings is 1. The molecule has 0 aliphatic carbocycles. The molecule has 1 atom stereocenters. The molecule has 0 fully saturated rings. The number of rotatable bonds is 4. The molecule has 96 valence electrons. The van der Waals surface area contributed by atoms with E-state index >= 15 is 0 Å². The number of aryl methyl sites for hydroxylation is 1.